The maximum atomic E-state index is 12.1. The van der Waals surface area contributed by atoms with E-state index < -0.39 is 0 Å². The molecule has 0 saturated heterocycles. The first-order valence-corrected chi connectivity index (χ1v) is 6.18. The smallest absolute Gasteiger partial charge is 0.257 e. The number of nitrogens with one attached hydrogen (secondary N) is 1. The summed E-state index contributed by atoms with van der Waals surface area (Å²) in [4.78, 5) is 16.4. The zero-order chi connectivity index (χ0) is 13.9. The van der Waals surface area contributed by atoms with Gasteiger partial charge in [-0.15, -0.1) is 0 Å². The van der Waals surface area contributed by atoms with Crippen molar-refractivity contribution in [3.63, 3.8) is 0 Å². The Morgan fingerprint density at radius 3 is 2.65 bits per heavy atom. The minimum atomic E-state index is -0.301. The third-order valence-corrected chi connectivity index (χ3v) is 3.00. The second-order valence-corrected chi connectivity index (χ2v) is 4.39. The van der Waals surface area contributed by atoms with Crippen LogP contribution in [0.25, 0.3) is 10.9 Å². The van der Waals surface area contributed by atoms with E-state index in [-0.39, 0.29) is 11.7 Å². The summed E-state index contributed by atoms with van der Waals surface area (Å²) in [7, 11) is 0. The largest absolute Gasteiger partial charge is 0.506 e. The first kappa shape index (κ1) is 12.2. The van der Waals surface area contributed by atoms with Crippen LogP contribution in [0.1, 0.15) is 10.4 Å². The molecule has 0 aliphatic carbocycles. The van der Waals surface area contributed by atoms with Gasteiger partial charge in [-0.25, -0.2) is 0 Å². The lowest BCUT2D eigenvalue weighted by molar-refractivity contribution is 0.102. The molecular weight excluding hydrogens is 252 g/mol. The van der Waals surface area contributed by atoms with E-state index in [2.05, 4.69) is 10.3 Å². The standard InChI is InChI=1S/C16H12N2O2/c19-15-8-4-3-7-14(15)18-16(20)12-9-11-5-1-2-6-13(11)17-10-12/h1-10,19H,(H,18,20). The van der Waals surface area contributed by atoms with E-state index in [0.29, 0.717) is 11.3 Å². The van der Waals surface area contributed by atoms with Crippen molar-refractivity contribution in [1.29, 1.82) is 0 Å². The molecule has 1 aromatic heterocycles. The summed E-state index contributed by atoms with van der Waals surface area (Å²) in [6, 6.07) is 16.0. The summed E-state index contributed by atoms with van der Waals surface area (Å²) in [5.41, 5.74) is 1.67. The Balaban J connectivity index is 1.91. The molecule has 4 heteroatoms. The number of para-hydroxylation sites is 3. The van der Waals surface area contributed by atoms with Crippen LogP contribution in [0.4, 0.5) is 5.69 Å². The number of hydrogen-bond donors (Lipinski definition) is 2. The molecule has 3 rings (SSSR count). The van der Waals surface area contributed by atoms with Crippen molar-refractivity contribution >= 4 is 22.5 Å². The average Bonchev–Trinajstić information content (AvgIpc) is 2.49. The normalized spacial score (nSPS) is 10.4. The number of amides is 1. The zero-order valence-electron chi connectivity index (χ0n) is 10.6. The van der Waals surface area contributed by atoms with Crippen molar-refractivity contribution in [3.8, 4) is 5.75 Å². The molecule has 0 radical (unpaired) electrons. The van der Waals surface area contributed by atoms with E-state index in [1.54, 1.807) is 24.3 Å². The second kappa shape index (κ2) is 5.01. The number of benzene rings is 2. The number of aromatic hydroxyl groups is 1. The van der Waals surface area contributed by atoms with Crippen LogP contribution < -0.4 is 5.32 Å². The summed E-state index contributed by atoms with van der Waals surface area (Å²) in [6.45, 7) is 0. The van der Waals surface area contributed by atoms with Crippen LogP contribution in [0.2, 0.25) is 0 Å². The van der Waals surface area contributed by atoms with Gasteiger partial charge in [-0.1, -0.05) is 30.3 Å². The number of nitrogens with zero attached hydrogens (tertiary/aromatic N) is 1. The van der Waals surface area contributed by atoms with Gasteiger partial charge in [0, 0.05) is 11.6 Å². The molecule has 0 unspecified atom stereocenters. The van der Waals surface area contributed by atoms with Gasteiger partial charge >= 0.3 is 0 Å². The third kappa shape index (κ3) is 2.31. The maximum absolute atomic E-state index is 12.1. The van der Waals surface area contributed by atoms with Crippen molar-refractivity contribution in [3.05, 3.63) is 66.4 Å². The van der Waals surface area contributed by atoms with Crippen LogP contribution in [0.5, 0.6) is 5.75 Å². The number of fused-ring (bicyclic) bond motifs is 1. The number of hydrogen-bond acceptors (Lipinski definition) is 3. The zero-order valence-corrected chi connectivity index (χ0v) is 10.6. The Kier molecular flexibility index (Phi) is 3.05. The molecule has 20 heavy (non-hydrogen) atoms. The van der Waals surface area contributed by atoms with Crippen LogP contribution in [-0.2, 0) is 0 Å². The molecule has 4 nitrogen and oxygen atoms in total. The molecular formula is C16H12N2O2. The predicted octanol–water partition coefficient (Wildman–Crippen LogP) is 3.19. The van der Waals surface area contributed by atoms with Gasteiger partial charge in [0.25, 0.3) is 5.91 Å². The summed E-state index contributed by atoms with van der Waals surface area (Å²) in [6.07, 6.45) is 1.53. The van der Waals surface area contributed by atoms with Gasteiger partial charge in [0.05, 0.1) is 16.8 Å². The minimum Gasteiger partial charge on any atom is -0.506 e. The van der Waals surface area contributed by atoms with E-state index in [1.165, 1.54) is 12.3 Å². The fourth-order valence-electron chi connectivity index (χ4n) is 1.97. The van der Waals surface area contributed by atoms with Crippen molar-refractivity contribution in [2.45, 2.75) is 0 Å². The Morgan fingerprint density at radius 1 is 1.05 bits per heavy atom. The van der Waals surface area contributed by atoms with Crippen LogP contribution in [-0.4, -0.2) is 16.0 Å². The topological polar surface area (TPSA) is 62.2 Å². The van der Waals surface area contributed by atoms with E-state index in [4.69, 9.17) is 0 Å². The molecule has 1 heterocycles. The summed E-state index contributed by atoms with van der Waals surface area (Å²) >= 11 is 0. The van der Waals surface area contributed by atoms with Crippen LogP contribution in [0.15, 0.2) is 60.8 Å². The molecule has 98 valence electrons. The van der Waals surface area contributed by atoms with Crippen molar-refractivity contribution in [2.75, 3.05) is 5.32 Å². The molecule has 1 amide bonds. The Labute approximate surface area is 115 Å². The van der Waals surface area contributed by atoms with Gasteiger partial charge in [-0.3, -0.25) is 9.78 Å². The molecule has 3 aromatic rings. The van der Waals surface area contributed by atoms with Crippen molar-refractivity contribution in [1.82, 2.24) is 4.98 Å². The quantitative estimate of drug-likeness (QED) is 0.699. The van der Waals surface area contributed by atoms with Gasteiger partial charge < -0.3 is 10.4 Å². The first-order valence-electron chi connectivity index (χ1n) is 6.18. The fourth-order valence-corrected chi connectivity index (χ4v) is 1.97. The van der Waals surface area contributed by atoms with Crippen molar-refractivity contribution < 1.29 is 9.90 Å². The number of phenolic OH excluding ortho intramolecular Hbond substituents is 1. The average molecular weight is 264 g/mol. The first-order chi connectivity index (χ1) is 9.74. The lowest BCUT2D eigenvalue weighted by atomic mass is 10.1. The van der Waals surface area contributed by atoms with Crippen LogP contribution in [0.3, 0.4) is 0 Å². The predicted molar refractivity (Wildman–Crippen MR) is 77.8 cm³/mol. The summed E-state index contributed by atoms with van der Waals surface area (Å²) < 4.78 is 0. The van der Waals surface area contributed by atoms with Crippen molar-refractivity contribution in [2.24, 2.45) is 0 Å². The highest BCUT2D eigenvalue weighted by atomic mass is 16.3. The number of phenols is 1. The number of rotatable bonds is 2. The molecule has 2 aromatic carbocycles. The van der Waals surface area contributed by atoms with Gasteiger partial charge in [0.2, 0.25) is 0 Å². The molecule has 0 aliphatic heterocycles. The second-order valence-electron chi connectivity index (χ2n) is 4.39. The molecule has 2 N–H and O–H groups in total. The lowest BCUT2D eigenvalue weighted by Crippen LogP contribution is -2.12. The van der Waals surface area contributed by atoms with E-state index in [0.717, 1.165) is 10.9 Å². The molecule has 0 bridgehead atoms. The molecule has 0 fully saturated rings. The van der Waals surface area contributed by atoms with E-state index in [1.807, 2.05) is 24.3 Å². The van der Waals surface area contributed by atoms with Crippen LogP contribution >= 0.6 is 0 Å². The summed E-state index contributed by atoms with van der Waals surface area (Å²) in [5.74, 6) is -0.264. The lowest BCUT2D eigenvalue weighted by Gasteiger charge is -2.07. The molecule has 0 atom stereocenters. The maximum Gasteiger partial charge on any atom is 0.257 e. The molecule has 0 aliphatic rings. The SMILES string of the molecule is O=C(Nc1ccccc1O)c1cnc2ccccc2c1. The van der Waals surface area contributed by atoms with Gasteiger partial charge in [-0.05, 0) is 24.3 Å². The molecule has 0 spiro atoms. The third-order valence-electron chi connectivity index (χ3n) is 3.00. The number of anilines is 1. The molecule has 0 saturated carbocycles. The number of pyridine rings is 1. The number of aromatic nitrogens is 1. The Hall–Kier alpha value is -2.88. The van der Waals surface area contributed by atoms with Gasteiger partial charge in [-0.2, -0.15) is 0 Å². The fraction of sp³-hybridized carbons (Fsp3) is 0. The highest BCUT2D eigenvalue weighted by Crippen LogP contribution is 2.22. The Bertz CT molecular complexity index is 784. The number of carbonyl (C=O) groups excluding carboxylic acids is 1. The Morgan fingerprint density at radius 2 is 1.80 bits per heavy atom. The van der Waals surface area contributed by atoms with Gasteiger partial charge in [0.1, 0.15) is 5.75 Å². The highest BCUT2D eigenvalue weighted by molar-refractivity contribution is 6.06. The monoisotopic (exact) mass is 264 g/mol. The van der Waals surface area contributed by atoms with E-state index in [9.17, 15) is 9.90 Å². The minimum absolute atomic E-state index is 0.0367. The highest BCUT2D eigenvalue weighted by Gasteiger charge is 2.09. The van der Waals surface area contributed by atoms with Gasteiger partial charge in [0.15, 0.2) is 0 Å². The number of carbonyl (C=O) groups is 1. The summed E-state index contributed by atoms with van der Waals surface area (Å²) in [5, 5.41) is 13.2. The van der Waals surface area contributed by atoms with E-state index >= 15 is 0 Å². The van der Waals surface area contributed by atoms with Crippen LogP contribution in [0, 0.1) is 0 Å².